The Morgan fingerprint density at radius 2 is 1.80 bits per heavy atom. The number of hydrogen-bond donors (Lipinski definition) is 1. The van der Waals surface area contributed by atoms with Crippen molar-refractivity contribution in [3.05, 3.63) is 23.7 Å². The second-order valence-electron chi connectivity index (χ2n) is 4.48. The molecule has 1 N–H and O–H groups in total. The van der Waals surface area contributed by atoms with Crippen LogP contribution in [-0.2, 0) is 12.8 Å². The maximum atomic E-state index is 8.66. The summed E-state index contributed by atoms with van der Waals surface area (Å²) in [5, 5.41) is 8.66. The van der Waals surface area contributed by atoms with E-state index in [9.17, 15) is 0 Å². The van der Waals surface area contributed by atoms with Crippen molar-refractivity contribution in [3.63, 3.8) is 0 Å². The van der Waals surface area contributed by atoms with Gasteiger partial charge in [0, 0.05) is 19.4 Å². The molecular weight excluding hydrogens is 188 g/mol. The monoisotopic (exact) mass is 210 g/mol. The Bertz CT molecular complexity index is 263. The molecule has 0 amide bonds. The van der Waals surface area contributed by atoms with Crippen molar-refractivity contribution >= 4 is 0 Å². The normalized spacial score (nSPS) is 11.2. The van der Waals surface area contributed by atoms with E-state index in [0.29, 0.717) is 0 Å². The molecule has 0 unspecified atom stereocenters. The fraction of sp³-hybridized carbons (Fsp3) is 0.692. The highest BCUT2D eigenvalue weighted by Gasteiger charge is 2.03. The standard InChI is InChI=1S/C13H22O2/c1-11(2)6-7-13-9-8-12(15-13)5-3-4-10-14/h8-9,11,14H,3-7,10H2,1-2H3. The van der Waals surface area contributed by atoms with Crippen LogP contribution in [0.4, 0.5) is 0 Å². The molecule has 0 radical (unpaired) electrons. The van der Waals surface area contributed by atoms with Crippen LogP contribution in [0.1, 0.15) is 44.6 Å². The van der Waals surface area contributed by atoms with E-state index >= 15 is 0 Å². The SMILES string of the molecule is CC(C)CCc1ccc(CCCCO)o1. The topological polar surface area (TPSA) is 33.4 Å². The van der Waals surface area contributed by atoms with Gasteiger partial charge in [0.1, 0.15) is 11.5 Å². The van der Waals surface area contributed by atoms with Gasteiger partial charge in [0.15, 0.2) is 0 Å². The predicted octanol–water partition coefficient (Wildman–Crippen LogP) is 3.18. The number of aliphatic hydroxyl groups excluding tert-OH is 1. The average Bonchev–Trinajstić information content (AvgIpc) is 2.63. The van der Waals surface area contributed by atoms with Crippen molar-refractivity contribution in [2.45, 2.75) is 46.0 Å². The molecule has 1 rings (SSSR count). The lowest BCUT2D eigenvalue weighted by Gasteiger charge is -2.01. The van der Waals surface area contributed by atoms with E-state index in [1.54, 1.807) is 0 Å². The first-order chi connectivity index (χ1) is 7.22. The Balaban J connectivity index is 2.29. The van der Waals surface area contributed by atoms with Crippen LogP contribution in [-0.4, -0.2) is 11.7 Å². The Hall–Kier alpha value is -0.760. The highest BCUT2D eigenvalue weighted by molar-refractivity contribution is 5.07. The number of hydrogen-bond acceptors (Lipinski definition) is 2. The molecule has 2 heteroatoms. The van der Waals surface area contributed by atoms with E-state index in [-0.39, 0.29) is 6.61 Å². The molecule has 0 fully saturated rings. The first-order valence-corrected chi connectivity index (χ1v) is 5.91. The highest BCUT2D eigenvalue weighted by Crippen LogP contribution is 2.14. The van der Waals surface area contributed by atoms with Crippen LogP contribution < -0.4 is 0 Å². The molecule has 1 aromatic rings. The summed E-state index contributed by atoms with van der Waals surface area (Å²) in [6, 6.07) is 4.14. The van der Waals surface area contributed by atoms with Gasteiger partial charge in [0.2, 0.25) is 0 Å². The summed E-state index contributed by atoms with van der Waals surface area (Å²) in [4.78, 5) is 0. The van der Waals surface area contributed by atoms with Crippen LogP contribution in [0.2, 0.25) is 0 Å². The fourth-order valence-electron chi connectivity index (χ4n) is 1.53. The summed E-state index contributed by atoms with van der Waals surface area (Å²) in [6.07, 6.45) is 5.04. The molecule has 1 aromatic heterocycles. The van der Waals surface area contributed by atoms with Crippen molar-refractivity contribution < 1.29 is 9.52 Å². The molecule has 2 nitrogen and oxygen atoms in total. The maximum absolute atomic E-state index is 8.66. The molecule has 0 aliphatic carbocycles. The first-order valence-electron chi connectivity index (χ1n) is 5.91. The summed E-state index contributed by atoms with van der Waals surface area (Å²) >= 11 is 0. The molecule has 0 saturated carbocycles. The molecule has 15 heavy (non-hydrogen) atoms. The molecule has 0 saturated heterocycles. The smallest absolute Gasteiger partial charge is 0.104 e. The van der Waals surface area contributed by atoms with E-state index in [1.807, 2.05) is 0 Å². The van der Waals surface area contributed by atoms with Gasteiger partial charge < -0.3 is 9.52 Å². The maximum Gasteiger partial charge on any atom is 0.104 e. The quantitative estimate of drug-likeness (QED) is 0.701. The molecule has 0 atom stereocenters. The summed E-state index contributed by atoms with van der Waals surface area (Å²) in [5.74, 6) is 2.89. The van der Waals surface area contributed by atoms with Crippen molar-refractivity contribution in [2.75, 3.05) is 6.61 Å². The number of furan rings is 1. The third-order valence-electron chi connectivity index (χ3n) is 2.52. The molecule has 1 heterocycles. The van der Waals surface area contributed by atoms with Crippen LogP contribution in [0.5, 0.6) is 0 Å². The number of unbranched alkanes of at least 4 members (excludes halogenated alkanes) is 1. The second kappa shape index (κ2) is 6.67. The minimum absolute atomic E-state index is 0.279. The Morgan fingerprint density at radius 1 is 1.13 bits per heavy atom. The third kappa shape index (κ3) is 5.03. The number of rotatable bonds is 7. The van der Waals surface area contributed by atoms with E-state index in [4.69, 9.17) is 9.52 Å². The lowest BCUT2D eigenvalue weighted by atomic mass is 10.1. The zero-order chi connectivity index (χ0) is 11.1. The molecular formula is C13H22O2. The van der Waals surface area contributed by atoms with Crippen molar-refractivity contribution in [3.8, 4) is 0 Å². The van der Waals surface area contributed by atoms with Crippen LogP contribution in [0.15, 0.2) is 16.5 Å². The summed E-state index contributed by atoms with van der Waals surface area (Å²) < 4.78 is 5.70. The molecule has 0 spiro atoms. The van der Waals surface area contributed by atoms with Gasteiger partial charge in [0.25, 0.3) is 0 Å². The lowest BCUT2D eigenvalue weighted by Crippen LogP contribution is -1.90. The van der Waals surface area contributed by atoms with Gasteiger partial charge in [-0.25, -0.2) is 0 Å². The van der Waals surface area contributed by atoms with Crippen molar-refractivity contribution in [2.24, 2.45) is 5.92 Å². The van der Waals surface area contributed by atoms with Crippen LogP contribution in [0.25, 0.3) is 0 Å². The van der Waals surface area contributed by atoms with Crippen LogP contribution in [0.3, 0.4) is 0 Å². The van der Waals surface area contributed by atoms with Crippen molar-refractivity contribution in [1.82, 2.24) is 0 Å². The Labute approximate surface area is 92.3 Å². The van der Waals surface area contributed by atoms with Crippen molar-refractivity contribution in [1.29, 1.82) is 0 Å². The first kappa shape index (κ1) is 12.3. The van der Waals surface area contributed by atoms with Gasteiger partial charge in [0.05, 0.1) is 0 Å². The molecule has 0 aliphatic heterocycles. The van der Waals surface area contributed by atoms with E-state index in [1.165, 1.54) is 6.42 Å². The van der Waals surface area contributed by atoms with Crippen LogP contribution in [0, 0.1) is 5.92 Å². The predicted molar refractivity (Wildman–Crippen MR) is 61.9 cm³/mol. The molecule has 0 aliphatic rings. The van der Waals surface area contributed by atoms with Crippen LogP contribution >= 0.6 is 0 Å². The minimum atomic E-state index is 0.279. The van der Waals surface area contributed by atoms with E-state index in [2.05, 4.69) is 26.0 Å². The van der Waals surface area contributed by atoms with Gasteiger partial charge in [-0.2, -0.15) is 0 Å². The van der Waals surface area contributed by atoms with Gasteiger partial charge in [-0.1, -0.05) is 13.8 Å². The summed E-state index contributed by atoms with van der Waals surface area (Å²) in [6.45, 7) is 4.73. The van der Waals surface area contributed by atoms with Gasteiger partial charge in [-0.3, -0.25) is 0 Å². The number of aryl methyl sites for hydroxylation is 2. The summed E-state index contributed by atoms with van der Waals surface area (Å²) in [5.41, 5.74) is 0. The van der Waals surface area contributed by atoms with Gasteiger partial charge >= 0.3 is 0 Å². The largest absolute Gasteiger partial charge is 0.466 e. The molecule has 86 valence electrons. The van der Waals surface area contributed by atoms with E-state index in [0.717, 1.165) is 43.1 Å². The molecule has 0 aromatic carbocycles. The third-order valence-corrected chi connectivity index (χ3v) is 2.52. The zero-order valence-electron chi connectivity index (χ0n) is 9.83. The highest BCUT2D eigenvalue weighted by atomic mass is 16.3. The lowest BCUT2D eigenvalue weighted by molar-refractivity contribution is 0.283. The number of aliphatic hydroxyl groups is 1. The molecule has 0 bridgehead atoms. The Morgan fingerprint density at radius 3 is 2.40 bits per heavy atom. The zero-order valence-corrected chi connectivity index (χ0v) is 9.83. The fourth-order valence-corrected chi connectivity index (χ4v) is 1.53. The van der Waals surface area contributed by atoms with E-state index < -0.39 is 0 Å². The Kier molecular flexibility index (Phi) is 5.48. The second-order valence-corrected chi connectivity index (χ2v) is 4.48. The minimum Gasteiger partial charge on any atom is -0.466 e. The van der Waals surface area contributed by atoms with Gasteiger partial charge in [-0.05, 0) is 37.3 Å². The summed E-state index contributed by atoms with van der Waals surface area (Å²) in [7, 11) is 0. The van der Waals surface area contributed by atoms with Gasteiger partial charge in [-0.15, -0.1) is 0 Å². The average molecular weight is 210 g/mol.